The molecule has 0 aromatic heterocycles. The van der Waals surface area contributed by atoms with Crippen LogP contribution in [0.25, 0.3) is 0 Å². The van der Waals surface area contributed by atoms with E-state index in [1.807, 2.05) is 0 Å². The molecule has 0 atom stereocenters. The maximum absolute atomic E-state index is 8.58. The second-order valence-electron chi connectivity index (χ2n) is 13.4. The van der Waals surface area contributed by atoms with Crippen molar-refractivity contribution in [2.45, 2.75) is 0 Å². The smallest absolute Gasteiger partial charge is 0.0134 e. The van der Waals surface area contributed by atoms with Crippen molar-refractivity contribution < 1.29 is 101 Å². The fourth-order valence-electron chi connectivity index (χ4n) is 6.54. The maximum Gasteiger partial charge on any atom is -0.0134 e. The van der Waals surface area contributed by atoms with Crippen LogP contribution in [0.3, 0.4) is 0 Å². The molecular formula is C54H48Au3MnO5P3. The van der Waals surface area contributed by atoms with Crippen molar-refractivity contribution in [2.75, 3.05) is 0 Å². The molecular weight excluding hydrogens is 1470 g/mol. The Hall–Kier alpha value is -3.67. The third-order valence-electron chi connectivity index (χ3n) is 9.13. The second-order valence-corrected chi connectivity index (χ2v) is 21.2. The summed E-state index contributed by atoms with van der Waals surface area (Å²) in [5, 5.41) is 12.6. The molecule has 3 N–H and O–H groups in total. The standard InChI is InChI=1S/3C18H15P.3Au.Mn.H2O.4O/c3*1-4-10-16(11-5-1)19(17-12-6-2-7-13-17)18-14-8-3-9-15-18;;;;;;;;;/h3*1-15H;;;;;1H2;;;;/q;;;;;;;;;;;-1/p+1. The van der Waals surface area contributed by atoms with Gasteiger partial charge in [0.1, 0.15) is 0 Å². The summed E-state index contributed by atoms with van der Waals surface area (Å²) in [6.45, 7) is 0. The van der Waals surface area contributed by atoms with E-state index in [-0.39, 0.29) is 72.6 Å². The van der Waals surface area contributed by atoms with E-state index in [0.717, 1.165) is 0 Å². The van der Waals surface area contributed by atoms with Gasteiger partial charge in [0.05, 0.1) is 0 Å². The van der Waals surface area contributed by atoms with Gasteiger partial charge in [-0.3, -0.25) is 0 Å². The van der Waals surface area contributed by atoms with Gasteiger partial charge in [0.25, 0.3) is 0 Å². The van der Waals surface area contributed by atoms with E-state index in [9.17, 15) is 0 Å². The summed E-state index contributed by atoms with van der Waals surface area (Å²) >= 11 is -5.62. The minimum absolute atomic E-state index is 0. The van der Waals surface area contributed by atoms with Gasteiger partial charge in [0.15, 0.2) is 0 Å². The fraction of sp³-hybridized carbons (Fsp3) is 0. The van der Waals surface area contributed by atoms with E-state index in [4.69, 9.17) is 15.7 Å². The SMILES string of the molecule is [Au].[Au].[Au].[OH3+].[O]=[Mn](=[O])(=[O])[O-].c1ccc(P(c2ccccc2)c2ccccc2)cc1.c1ccc(P(c2ccccc2)c2ccccc2)cc1.c1ccc(P(c2ccccc2)c2ccccc2)cc1. The Labute approximate surface area is 441 Å². The van der Waals surface area contributed by atoms with Crippen LogP contribution in [0.1, 0.15) is 0 Å². The van der Waals surface area contributed by atoms with Gasteiger partial charge in [-0.2, -0.15) is 0 Å². The van der Waals surface area contributed by atoms with E-state index in [1.54, 1.807) is 0 Å². The number of hydrogen-bond donors (Lipinski definition) is 0. The second kappa shape index (κ2) is 32.1. The molecule has 0 heterocycles. The van der Waals surface area contributed by atoms with Gasteiger partial charge < -0.3 is 5.48 Å². The molecule has 3 radical (unpaired) electrons. The predicted molar refractivity (Wildman–Crippen MR) is 262 cm³/mol. The summed E-state index contributed by atoms with van der Waals surface area (Å²) < 4.78 is 34.3. The monoisotopic (exact) mass is 1520 g/mol. The summed E-state index contributed by atoms with van der Waals surface area (Å²) in [5.41, 5.74) is 0. The van der Waals surface area contributed by atoms with Crippen LogP contribution in [0.5, 0.6) is 0 Å². The van der Waals surface area contributed by atoms with Crippen molar-refractivity contribution in [1.82, 2.24) is 0 Å². The van der Waals surface area contributed by atoms with E-state index in [2.05, 4.69) is 273 Å². The van der Waals surface area contributed by atoms with Crippen molar-refractivity contribution in [3.05, 3.63) is 273 Å². The van der Waals surface area contributed by atoms with Crippen molar-refractivity contribution in [3.63, 3.8) is 0 Å². The average Bonchev–Trinajstić information content (AvgIpc) is 3.32. The first-order valence-corrected chi connectivity index (χ1v) is 25.8. The molecule has 0 aliphatic heterocycles. The Bertz CT molecular complexity index is 2220. The molecule has 0 aliphatic rings. The van der Waals surface area contributed by atoms with Gasteiger partial charge in [0.2, 0.25) is 0 Å². The first kappa shape index (κ1) is 58.5. The predicted octanol–water partition coefficient (Wildman–Crippen LogP) is 7.86. The van der Waals surface area contributed by atoms with Gasteiger partial charge in [-0.15, -0.1) is 0 Å². The van der Waals surface area contributed by atoms with Gasteiger partial charge >= 0.3 is 28.7 Å². The van der Waals surface area contributed by atoms with E-state index in [0.29, 0.717) is 0 Å². The van der Waals surface area contributed by atoms with Crippen LogP contribution in [0, 0.1) is 0 Å². The Kier molecular flexibility index (Phi) is 28.5. The minimum Gasteiger partial charge on any atom is -0.0622 e. The molecule has 0 aliphatic carbocycles. The van der Waals surface area contributed by atoms with Crippen LogP contribution >= 0.6 is 23.8 Å². The molecule has 66 heavy (non-hydrogen) atoms. The van der Waals surface area contributed by atoms with Crippen molar-refractivity contribution in [2.24, 2.45) is 0 Å². The Morgan fingerprint density at radius 2 is 0.303 bits per heavy atom. The molecule has 0 unspecified atom stereocenters. The average molecular weight is 1520 g/mol. The molecule has 9 aromatic carbocycles. The molecule has 0 bridgehead atoms. The van der Waals surface area contributed by atoms with E-state index < -0.39 is 36.7 Å². The van der Waals surface area contributed by atoms with Crippen LogP contribution in [-0.2, 0) is 97.1 Å². The molecule has 0 fully saturated rings. The summed E-state index contributed by atoms with van der Waals surface area (Å²) in [5.74, 6) is 0. The third kappa shape index (κ3) is 19.5. The summed E-state index contributed by atoms with van der Waals surface area (Å²) in [4.78, 5) is 0. The Morgan fingerprint density at radius 1 is 0.227 bits per heavy atom. The molecule has 12 heteroatoms. The zero-order valence-electron chi connectivity index (χ0n) is 35.3. The van der Waals surface area contributed by atoms with Gasteiger partial charge in [-0.25, -0.2) is 0 Å². The Balaban J connectivity index is 0.000000314. The number of benzene rings is 9. The van der Waals surface area contributed by atoms with Crippen LogP contribution in [0.2, 0.25) is 0 Å². The normalized spacial score (nSPS) is 10.0. The maximum atomic E-state index is 8.58. The zero-order chi connectivity index (χ0) is 43.2. The molecule has 0 spiro atoms. The molecule has 0 saturated heterocycles. The molecule has 9 rings (SSSR count). The molecule has 9 aromatic rings. The largest absolute Gasteiger partial charge is 0.0622 e. The molecule has 5 nitrogen and oxygen atoms in total. The van der Waals surface area contributed by atoms with Gasteiger partial charge in [0, 0.05) is 67.1 Å². The van der Waals surface area contributed by atoms with Gasteiger partial charge in [-0.05, 0) is 71.5 Å². The van der Waals surface area contributed by atoms with Crippen LogP contribution in [0.15, 0.2) is 273 Å². The Morgan fingerprint density at radius 3 is 0.379 bits per heavy atom. The van der Waals surface area contributed by atoms with Crippen molar-refractivity contribution >= 4 is 71.5 Å². The third-order valence-corrected chi connectivity index (χ3v) is 16.5. The first-order valence-electron chi connectivity index (χ1n) is 19.8. The number of rotatable bonds is 9. The minimum atomic E-state index is -5.62. The number of hydrogen-bond acceptors (Lipinski definition) is 4. The van der Waals surface area contributed by atoms with Crippen molar-refractivity contribution in [1.29, 1.82) is 0 Å². The van der Waals surface area contributed by atoms with Crippen LogP contribution in [-0.4, -0.2) is 0 Å². The quantitative estimate of drug-likeness (QED) is 0.0834. The van der Waals surface area contributed by atoms with E-state index >= 15 is 0 Å². The van der Waals surface area contributed by atoms with Crippen molar-refractivity contribution in [3.8, 4) is 0 Å². The van der Waals surface area contributed by atoms with E-state index in [1.165, 1.54) is 47.7 Å². The van der Waals surface area contributed by atoms with Crippen LogP contribution < -0.4 is 51.9 Å². The van der Waals surface area contributed by atoms with Crippen LogP contribution in [0.4, 0.5) is 0 Å². The van der Waals surface area contributed by atoms with Gasteiger partial charge in [-0.1, -0.05) is 273 Å². The zero-order valence-corrected chi connectivity index (χ0v) is 45.7. The summed E-state index contributed by atoms with van der Waals surface area (Å²) in [6, 6.07) is 97.0. The molecule has 0 amide bonds. The summed E-state index contributed by atoms with van der Waals surface area (Å²) in [6.07, 6.45) is 0. The fourth-order valence-corrected chi connectivity index (χ4v) is 13.5. The molecule has 349 valence electrons. The first-order chi connectivity index (χ1) is 30.3. The molecule has 0 saturated carbocycles. The topological polar surface area (TPSA) is 107 Å². The summed E-state index contributed by atoms with van der Waals surface area (Å²) in [7, 11) is -1.34.